The minimum absolute atomic E-state index is 0.130. The van der Waals surface area contributed by atoms with Crippen molar-refractivity contribution >= 4 is 17.5 Å². The van der Waals surface area contributed by atoms with E-state index in [1.54, 1.807) is 30.3 Å². The third kappa shape index (κ3) is 4.98. The molecule has 0 aliphatic heterocycles. The highest BCUT2D eigenvalue weighted by atomic mass is 16.5. The predicted octanol–water partition coefficient (Wildman–Crippen LogP) is 4.27. The molecule has 0 atom stereocenters. The van der Waals surface area contributed by atoms with Crippen molar-refractivity contribution in [3.8, 4) is 5.75 Å². The van der Waals surface area contributed by atoms with Crippen molar-refractivity contribution in [2.24, 2.45) is 0 Å². The van der Waals surface area contributed by atoms with Gasteiger partial charge in [-0.1, -0.05) is 42.5 Å². The van der Waals surface area contributed by atoms with Crippen molar-refractivity contribution < 1.29 is 14.3 Å². The number of carbonyl (C=O) groups excluding carboxylic acids is 2. The van der Waals surface area contributed by atoms with Gasteiger partial charge < -0.3 is 15.4 Å². The molecule has 3 aromatic rings. The molecule has 5 heteroatoms. The third-order valence-electron chi connectivity index (χ3n) is 4.14. The zero-order valence-corrected chi connectivity index (χ0v) is 15.6. The Hall–Kier alpha value is -3.60. The fourth-order valence-electron chi connectivity index (χ4n) is 2.69. The number of hydrogen-bond donors (Lipinski definition) is 2. The molecule has 2 amide bonds. The zero-order chi connectivity index (χ0) is 19.8. The van der Waals surface area contributed by atoms with E-state index >= 15 is 0 Å². The lowest BCUT2D eigenvalue weighted by molar-refractivity contribution is 0.0950. The smallest absolute Gasteiger partial charge is 0.255 e. The van der Waals surface area contributed by atoms with Crippen LogP contribution in [-0.4, -0.2) is 18.4 Å². The van der Waals surface area contributed by atoms with Crippen molar-refractivity contribution in [2.75, 3.05) is 11.9 Å². The number of ether oxygens (including phenoxy) is 1. The van der Waals surface area contributed by atoms with Crippen LogP contribution in [0.1, 0.15) is 33.2 Å². The lowest BCUT2D eigenvalue weighted by atomic mass is 10.1. The first-order valence-electron chi connectivity index (χ1n) is 9.12. The maximum atomic E-state index is 12.5. The van der Waals surface area contributed by atoms with E-state index in [9.17, 15) is 9.59 Å². The average Bonchev–Trinajstić information content (AvgIpc) is 2.74. The summed E-state index contributed by atoms with van der Waals surface area (Å²) in [4.78, 5) is 24.6. The molecule has 28 heavy (non-hydrogen) atoms. The minimum Gasteiger partial charge on any atom is -0.492 e. The van der Waals surface area contributed by atoms with E-state index in [4.69, 9.17) is 4.74 Å². The summed E-state index contributed by atoms with van der Waals surface area (Å²) in [6.45, 7) is 2.81. The van der Waals surface area contributed by atoms with E-state index < -0.39 is 0 Å². The number of para-hydroxylation sites is 2. The number of carbonyl (C=O) groups is 2. The molecule has 0 spiro atoms. The number of hydrogen-bond acceptors (Lipinski definition) is 3. The number of anilines is 1. The summed E-state index contributed by atoms with van der Waals surface area (Å²) in [7, 11) is 0. The van der Waals surface area contributed by atoms with Gasteiger partial charge in [-0.15, -0.1) is 0 Å². The van der Waals surface area contributed by atoms with Crippen LogP contribution >= 0.6 is 0 Å². The SMILES string of the molecule is CCOc1ccccc1NC(=O)c1ccc(CNC(=O)c2ccccc2)cc1. The van der Waals surface area contributed by atoms with Crippen LogP contribution in [0.3, 0.4) is 0 Å². The summed E-state index contributed by atoms with van der Waals surface area (Å²) < 4.78 is 5.53. The van der Waals surface area contributed by atoms with Crippen LogP contribution in [0.2, 0.25) is 0 Å². The summed E-state index contributed by atoms with van der Waals surface area (Å²) in [5.41, 5.74) is 2.69. The Morgan fingerprint density at radius 1 is 0.786 bits per heavy atom. The number of benzene rings is 3. The number of rotatable bonds is 7. The fourth-order valence-corrected chi connectivity index (χ4v) is 2.69. The molecule has 142 valence electrons. The molecule has 0 saturated heterocycles. The lowest BCUT2D eigenvalue weighted by Gasteiger charge is -2.11. The van der Waals surface area contributed by atoms with Crippen LogP contribution in [0.25, 0.3) is 0 Å². The Bertz CT molecular complexity index is 938. The highest BCUT2D eigenvalue weighted by Crippen LogP contribution is 2.24. The average molecular weight is 374 g/mol. The van der Waals surface area contributed by atoms with Gasteiger partial charge in [-0.05, 0) is 48.9 Å². The molecule has 5 nitrogen and oxygen atoms in total. The molecular formula is C23H22N2O3. The first-order chi connectivity index (χ1) is 13.7. The van der Waals surface area contributed by atoms with Crippen molar-refractivity contribution in [3.05, 3.63) is 95.6 Å². The van der Waals surface area contributed by atoms with Gasteiger partial charge in [-0.2, -0.15) is 0 Å². The zero-order valence-electron chi connectivity index (χ0n) is 15.6. The molecular weight excluding hydrogens is 352 g/mol. The summed E-state index contributed by atoms with van der Waals surface area (Å²) in [5, 5.41) is 5.74. The summed E-state index contributed by atoms with van der Waals surface area (Å²) >= 11 is 0. The Morgan fingerprint density at radius 3 is 2.14 bits per heavy atom. The molecule has 0 unspecified atom stereocenters. The molecule has 3 aromatic carbocycles. The van der Waals surface area contributed by atoms with Gasteiger partial charge in [0.2, 0.25) is 0 Å². The second-order valence-corrected chi connectivity index (χ2v) is 6.13. The highest BCUT2D eigenvalue weighted by molar-refractivity contribution is 6.05. The Balaban J connectivity index is 1.59. The van der Waals surface area contributed by atoms with Gasteiger partial charge in [0.05, 0.1) is 12.3 Å². The maximum absolute atomic E-state index is 12.5. The normalized spacial score (nSPS) is 10.2. The van der Waals surface area contributed by atoms with Crippen molar-refractivity contribution in [3.63, 3.8) is 0 Å². The molecule has 0 saturated carbocycles. The van der Waals surface area contributed by atoms with E-state index in [0.717, 1.165) is 5.56 Å². The molecule has 0 bridgehead atoms. The quantitative estimate of drug-likeness (QED) is 0.649. The maximum Gasteiger partial charge on any atom is 0.255 e. The number of amides is 2. The van der Waals surface area contributed by atoms with Gasteiger partial charge in [0.1, 0.15) is 5.75 Å². The molecule has 0 aliphatic carbocycles. The first-order valence-corrected chi connectivity index (χ1v) is 9.12. The van der Waals surface area contributed by atoms with Gasteiger partial charge in [0.15, 0.2) is 0 Å². The predicted molar refractivity (Wildman–Crippen MR) is 110 cm³/mol. The molecule has 0 heterocycles. The van der Waals surface area contributed by atoms with Crippen LogP contribution in [0.15, 0.2) is 78.9 Å². The Labute approximate surface area is 164 Å². The van der Waals surface area contributed by atoms with Crippen molar-refractivity contribution in [1.29, 1.82) is 0 Å². The van der Waals surface area contributed by atoms with E-state index in [0.29, 0.717) is 35.7 Å². The van der Waals surface area contributed by atoms with Crippen LogP contribution in [0, 0.1) is 0 Å². The van der Waals surface area contributed by atoms with E-state index in [2.05, 4.69) is 10.6 Å². The summed E-state index contributed by atoms with van der Waals surface area (Å²) in [6, 6.07) is 23.5. The molecule has 3 rings (SSSR count). The van der Waals surface area contributed by atoms with Crippen LogP contribution in [0.4, 0.5) is 5.69 Å². The summed E-state index contributed by atoms with van der Waals surface area (Å²) in [6.07, 6.45) is 0. The number of nitrogens with one attached hydrogen (secondary N) is 2. The molecule has 0 aromatic heterocycles. The lowest BCUT2D eigenvalue weighted by Crippen LogP contribution is -2.22. The Kier molecular flexibility index (Phi) is 6.41. The topological polar surface area (TPSA) is 67.4 Å². The fraction of sp³-hybridized carbons (Fsp3) is 0.130. The molecule has 0 fully saturated rings. The standard InChI is InChI=1S/C23H22N2O3/c1-2-28-21-11-7-6-10-20(21)25-23(27)19-14-12-17(13-15-19)16-24-22(26)18-8-4-3-5-9-18/h3-15H,2,16H2,1H3,(H,24,26)(H,25,27). The van der Waals surface area contributed by atoms with E-state index in [1.807, 2.05) is 55.5 Å². The first kappa shape index (κ1) is 19.2. The van der Waals surface area contributed by atoms with Crippen LogP contribution in [-0.2, 0) is 6.54 Å². The molecule has 0 aliphatic rings. The summed E-state index contributed by atoms with van der Waals surface area (Å²) in [5.74, 6) is 0.292. The van der Waals surface area contributed by atoms with E-state index in [-0.39, 0.29) is 11.8 Å². The van der Waals surface area contributed by atoms with Crippen molar-refractivity contribution in [2.45, 2.75) is 13.5 Å². The second kappa shape index (κ2) is 9.37. The van der Waals surface area contributed by atoms with Crippen LogP contribution < -0.4 is 15.4 Å². The highest BCUT2D eigenvalue weighted by Gasteiger charge is 2.10. The largest absolute Gasteiger partial charge is 0.492 e. The Morgan fingerprint density at radius 2 is 1.43 bits per heavy atom. The van der Waals surface area contributed by atoms with Gasteiger partial charge in [0.25, 0.3) is 11.8 Å². The monoisotopic (exact) mass is 374 g/mol. The van der Waals surface area contributed by atoms with Gasteiger partial charge in [-0.25, -0.2) is 0 Å². The van der Waals surface area contributed by atoms with Gasteiger partial charge >= 0.3 is 0 Å². The van der Waals surface area contributed by atoms with Crippen LogP contribution in [0.5, 0.6) is 5.75 Å². The van der Waals surface area contributed by atoms with Crippen molar-refractivity contribution in [1.82, 2.24) is 5.32 Å². The molecule has 0 radical (unpaired) electrons. The van der Waals surface area contributed by atoms with E-state index in [1.165, 1.54) is 0 Å². The molecule has 2 N–H and O–H groups in total. The minimum atomic E-state index is -0.216. The van der Waals surface area contributed by atoms with Gasteiger partial charge in [-0.3, -0.25) is 9.59 Å². The third-order valence-corrected chi connectivity index (χ3v) is 4.14. The van der Waals surface area contributed by atoms with Gasteiger partial charge in [0, 0.05) is 17.7 Å². The second-order valence-electron chi connectivity index (χ2n) is 6.13.